The summed E-state index contributed by atoms with van der Waals surface area (Å²) in [6, 6.07) is 9.33. The van der Waals surface area contributed by atoms with E-state index in [1.54, 1.807) is 44.8 Å². The molecule has 2 aliphatic rings. The molecule has 7 nitrogen and oxygen atoms in total. The quantitative estimate of drug-likeness (QED) is 0.559. The summed E-state index contributed by atoms with van der Waals surface area (Å²) in [4.78, 5) is 29.0. The summed E-state index contributed by atoms with van der Waals surface area (Å²) in [7, 11) is 3.18. The molecule has 5 rings (SSSR count). The molecule has 1 saturated heterocycles. The number of amides is 1. The highest BCUT2D eigenvalue weighted by Gasteiger charge is 2.31. The van der Waals surface area contributed by atoms with Gasteiger partial charge in [0.15, 0.2) is 0 Å². The van der Waals surface area contributed by atoms with Crippen LogP contribution in [0, 0.1) is 0 Å². The number of hydrogen-bond acceptors (Lipinski definition) is 6. The molecule has 0 radical (unpaired) electrons. The molecule has 0 N–H and O–H groups in total. The molecule has 170 valence electrons. The number of rotatable bonds is 6. The fourth-order valence-electron chi connectivity index (χ4n) is 4.48. The monoisotopic (exact) mass is 444 g/mol. The van der Waals surface area contributed by atoms with Crippen molar-refractivity contribution in [2.24, 2.45) is 0 Å². The van der Waals surface area contributed by atoms with Gasteiger partial charge < -0.3 is 14.4 Å². The maximum Gasteiger partial charge on any atom is 0.254 e. The van der Waals surface area contributed by atoms with Crippen molar-refractivity contribution in [3.05, 3.63) is 66.0 Å². The Morgan fingerprint density at radius 2 is 1.61 bits per heavy atom. The van der Waals surface area contributed by atoms with Gasteiger partial charge in [0.1, 0.15) is 17.3 Å². The van der Waals surface area contributed by atoms with Crippen molar-refractivity contribution < 1.29 is 14.3 Å². The number of nitrogens with zero attached hydrogens (tertiary/aromatic N) is 4. The molecule has 2 fully saturated rings. The van der Waals surface area contributed by atoms with Gasteiger partial charge in [0.25, 0.3) is 5.91 Å². The molecular formula is C26H28N4O3. The summed E-state index contributed by atoms with van der Waals surface area (Å²) in [5, 5.41) is 0. The molecule has 0 spiro atoms. The van der Waals surface area contributed by atoms with Crippen LogP contribution in [0.3, 0.4) is 0 Å². The summed E-state index contributed by atoms with van der Waals surface area (Å²) in [6.45, 7) is 1.36. The number of likely N-dealkylation sites (tertiary alicyclic amines) is 1. The smallest absolute Gasteiger partial charge is 0.254 e. The largest absolute Gasteiger partial charge is 0.497 e. The van der Waals surface area contributed by atoms with E-state index in [0.717, 1.165) is 35.5 Å². The van der Waals surface area contributed by atoms with Crippen LogP contribution in [0.15, 0.2) is 48.9 Å². The number of methoxy groups -OCH3 is 2. The van der Waals surface area contributed by atoms with E-state index in [1.165, 1.54) is 12.8 Å². The number of piperidine rings is 1. The first-order valence-corrected chi connectivity index (χ1v) is 11.5. The van der Waals surface area contributed by atoms with Gasteiger partial charge in [-0.1, -0.05) is 0 Å². The second kappa shape index (κ2) is 9.17. The first-order valence-electron chi connectivity index (χ1n) is 11.5. The highest BCUT2D eigenvalue weighted by atomic mass is 16.5. The topological polar surface area (TPSA) is 77.4 Å². The second-order valence-corrected chi connectivity index (χ2v) is 8.71. The van der Waals surface area contributed by atoms with Gasteiger partial charge in [-0.2, -0.15) is 0 Å². The van der Waals surface area contributed by atoms with Crippen LogP contribution in [0.25, 0.3) is 11.1 Å². The molecule has 3 heterocycles. The van der Waals surface area contributed by atoms with Gasteiger partial charge in [-0.15, -0.1) is 0 Å². The van der Waals surface area contributed by atoms with E-state index in [0.29, 0.717) is 36.1 Å². The average Bonchev–Trinajstić information content (AvgIpc) is 3.74. The van der Waals surface area contributed by atoms with Crippen molar-refractivity contribution in [1.82, 2.24) is 19.9 Å². The van der Waals surface area contributed by atoms with Crippen molar-refractivity contribution in [3.63, 3.8) is 0 Å². The average molecular weight is 445 g/mol. The lowest BCUT2D eigenvalue weighted by atomic mass is 9.88. The SMILES string of the molecule is COc1cc(OC)cc(C(=O)N2CCC(c3nc(C4CC4)ncc3-c3ccncc3)CC2)c1. The minimum atomic E-state index is 0.00126. The Bertz CT molecular complexity index is 1120. The number of benzene rings is 1. The van der Waals surface area contributed by atoms with Crippen molar-refractivity contribution in [1.29, 1.82) is 0 Å². The van der Waals surface area contributed by atoms with E-state index >= 15 is 0 Å². The van der Waals surface area contributed by atoms with Crippen LogP contribution in [0.2, 0.25) is 0 Å². The van der Waals surface area contributed by atoms with Crippen molar-refractivity contribution in [3.8, 4) is 22.6 Å². The molecule has 0 unspecified atom stereocenters. The summed E-state index contributed by atoms with van der Waals surface area (Å²) in [6.07, 6.45) is 9.66. The zero-order valence-electron chi connectivity index (χ0n) is 19.0. The summed E-state index contributed by atoms with van der Waals surface area (Å²) in [5.41, 5.74) is 3.85. The maximum atomic E-state index is 13.2. The lowest BCUT2D eigenvalue weighted by molar-refractivity contribution is 0.0711. The zero-order valence-corrected chi connectivity index (χ0v) is 19.0. The maximum absolute atomic E-state index is 13.2. The molecule has 1 aliphatic carbocycles. The predicted molar refractivity (Wildman–Crippen MR) is 125 cm³/mol. The van der Waals surface area contributed by atoms with E-state index in [4.69, 9.17) is 14.5 Å². The fraction of sp³-hybridized carbons (Fsp3) is 0.385. The van der Waals surface area contributed by atoms with Gasteiger partial charge in [0.05, 0.1) is 19.9 Å². The highest BCUT2D eigenvalue weighted by Crippen LogP contribution is 2.41. The third-order valence-corrected chi connectivity index (χ3v) is 6.54. The Hall–Kier alpha value is -3.48. The Balaban J connectivity index is 1.36. The first kappa shape index (κ1) is 21.4. The fourth-order valence-corrected chi connectivity index (χ4v) is 4.48. The van der Waals surface area contributed by atoms with Crippen LogP contribution < -0.4 is 9.47 Å². The lowest BCUT2D eigenvalue weighted by Gasteiger charge is -2.32. The molecule has 0 atom stereocenters. The second-order valence-electron chi connectivity index (χ2n) is 8.71. The van der Waals surface area contributed by atoms with Crippen LogP contribution in [0.4, 0.5) is 0 Å². The third-order valence-electron chi connectivity index (χ3n) is 6.54. The Labute approximate surface area is 193 Å². The number of pyridine rings is 1. The van der Waals surface area contributed by atoms with Gasteiger partial charge in [0, 0.05) is 60.7 Å². The molecule has 1 amide bonds. The highest BCUT2D eigenvalue weighted by molar-refractivity contribution is 5.95. The molecule has 2 aromatic heterocycles. The number of ether oxygens (including phenoxy) is 2. The van der Waals surface area contributed by atoms with Crippen molar-refractivity contribution in [2.45, 2.75) is 37.5 Å². The van der Waals surface area contributed by atoms with Crippen molar-refractivity contribution in [2.75, 3.05) is 27.3 Å². The Morgan fingerprint density at radius 1 is 0.939 bits per heavy atom. The van der Waals surface area contributed by atoms with E-state index in [2.05, 4.69) is 9.97 Å². The predicted octanol–water partition coefficient (Wildman–Crippen LogP) is 4.45. The first-order chi connectivity index (χ1) is 16.2. The van der Waals surface area contributed by atoms with E-state index in [9.17, 15) is 4.79 Å². The minimum Gasteiger partial charge on any atom is -0.497 e. The van der Waals surface area contributed by atoms with Gasteiger partial charge in [-0.05, 0) is 55.5 Å². The van der Waals surface area contributed by atoms with Crippen LogP contribution in [-0.2, 0) is 0 Å². The molecule has 1 aromatic carbocycles. The Kier molecular flexibility index (Phi) is 5.94. The molecule has 7 heteroatoms. The Morgan fingerprint density at radius 3 is 2.21 bits per heavy atom. The van der Waals surface area contributed by atoms with Crippen LogP contribution >= 0.6 is 0 Å². The lowest BCUT2D eigenvalue weighted by Crippen LogP contribution is -2.38. The summed E-state index contributed by atoms with van der Waals surface area (Å²) in [5.74, 6) is 2.98. The molecule has 1 saturated carbocycles. The zero-order chi connectivity index (χ0) is 22.8. The van der Waals surface area contributed by atoms with Gasteiger partial charge >= 0.3 is 0 Å². The number of carbonyl (C=O) groups excluding carboxylic acids is 1. The van der Waals surface area contributed by atoms with Gasteiger partial charge in [-0.3, -0.25) is 9.78 Å². The molecule has 0 bridgehead atoms. The molecule has 33 heavy (non-hydrogen) atoms. The summed E-state index contributed by atoms with van der Waals surface area (Å²) >= 11 is 0. The van der Waals surface area contributed by atoms with Crippen LogP contribution in [-0.4, -0.2) is 53.1 Å². The van der Waals surface area contributed by atoms with Crippen LogP contribution in [0.5, 0.6) is 11.5 Å². The molecular weight excluding hydrogens is 416 g/mol. The summed E-state index contributed by atoms with van der Waals surface area (Å²) < 4.78 is 10.7. The standard InChI is InChI=1S/C26H28N4O3/c1-32-21-13-20(14-22(15-21)33-2)26(31)30-11-7-18(8-12-30)24-23(17-5-9-27-10-6-17)16-28-25(29-24)19-3-4-19/h5-6,9-10,13-16,18-19H,3-4,7-8,11-12H2,1-2H3. The third kappa shape index (κ3) is 4.53. The molecule has 3 aromatic rings. The van der Waals surface area contributed by atoms with Crippen molar-refractivity contribution >= 4 is 5.91 Å². The van der Waals surface area contributed by atoms with Gasteiger partial charge in [0.2, 0.25) is 0 Å². The number of hydrogen-bond donors (Lipinski definition) is 0. The van der Waals surface area contributed by atoms with E-state index in [1.807, 2.05) is 23.2 Å². The molecule has 1 aliphatic heterocycles. The normalized spacial score (nSPS) is 16.5. The minimum absolute atomic E-state index is 0.00126. The number of aromatic nitrogens is 3. The van der Waals surface area contributed by atoms with E-state index < -0.39 is 0 Å². The van der Waals surface area contributed by atoms with Crippen LogP contribution in [0.1, 0.15) is 59.4 Å². The van der Waals surface area contributed by atoms with Gasteiger partial charge in [-0.25, -0.2) is 9.97 Å². The van der Waals surface area contributed by atoms with E-state index in [-0.39, 0.29) is 11.8 Å². The number of carbonyl (C=O) groups is 1.